The Bertz CT molecular complexity index is 571. The third-order valence-corrected chi connectivity index (χ3v) is 3.38. The van der Waals surface area contributed by atoms with Gasteiger partial charge in [-0.25, -0.2) is 9.59 Å². The summed E-state index contributed by atoms with van der Waals surface area (Å²) in [6, 6.07) is 1.07. The quantitative estimate of drug-likeness (QED) is 0.830. The summed E-state index contributed by atoms with van der Waals surface area (Å²) in [7, 11) is 2.44. The van der Waals surface area contributed by atoms with Crippen LogP contribution >= 0.6 is 0 Å². The molecule has 0 radical (unpaired) electrons. The molecule has 1 heterocycles. The molecule has 1 aromatic rings. The minimum atomic E-state index is -0.716. The van der Waals surface area contributed by atoms with Gasteiger partial charge in [-0.05, 0) is 18.8 Å². The van der Waals surface area contributed by atoms with E-state index in [4.69, 9.17) is 4.74 Å². The number of H-pyrrole nitrogens is 1. The van der Waals surface area contributed by atoms with E-state index in [9.17, 15) is 14.4 Å². The summed E-state index contributed by atoms with van der Waals surface area (Å²) >= 11 is 0. The number of esters is 2. The second-order valence-corrected chi connectivity index (χ2v) is 4.45. The molecule has 1 N–H and O–H groups in total. The molecule has 0 bridgehead atoms. The minimum Gasteiger partial charge on any atom is -0.465 e. The fourth-order valence-corrected chi connectivity index (χ4v) is 2.18. The molecule has 0 unspecified atom stereocenters. The average molecular weight is 265 g/mol. The van der Waals surface area contributed by atoms with Crippen molar-refractivity contribution in [3.63, 3.8) is 0 Å². The Hall–Kier alpha value is -2.11. The molecule has 0 spiro atoms. The van der Waals surface area contributed by atoms with E-state index in [1.807, 2.05) is 0 Å². The van der Waals surface area contributed by atoms with Crippen molar-refractivity contribution in [2.45, 2.75) is 25.2 Å². The van der Waals surface area contributed by atoms with Crippen molar-refractivity contribution in [3.05, 3.63) is 33.2 Å². The van der Waals surface area contributed by atoms with Crippen molar-refractivity contribution in [1.82, 2.24) is 4.98 Å². The topological polar surface area (TPSA) is 85.5 Å². The third kappa shape index (κ3) is 2.38. The van der Waals surface area contributed by atoms with Gasteiger partial charge in [0.05, 0.1) is 25.3 Å². The lowest BCUT2D eigenvalue weighted by atomic mass is 9.80. The maximum absolute atomic E-state index is 11.9. The Morgan fingerprint density at radius 3 is 2.32 bits per heavy atom. The number of hydrogen-bond acceptors (Lipinski definition) is 5. The Labute approximate surface area is 109 Å². The maximum atomic E-state index is 11.9. The first-order valence-electron chi connectivity index (χ1n) is 6.02. The van der Waals surface area contributed by atoms with Crippen LogP contribution in [0.15, 0.2) is 10.9 Å². The predicted octanol–water partition coefficient (Wildman–Crippen LogP) is 1.22. The molecule has 2 rings (SSSR count). The summed E-state index contributed by atoms with van der Waals surface area (Å²) in [5.41, 5.74) is 0.125. The van der Waals surface area contributed by atoms with Crippen LogP contribution in [0.4, 0.5) is 0 Å². The van der Waals surface area contributed by atoms with E-state index in [0.717, 1.165) is 25.3 Å². The molecule has 102 valence electrons. The summed E-state index contributed by atoms with van der Waals surface area (Å²) in [5.74, 6) is -1.27. The monoisotopic (exact) mass is 265 g/mol. The molecule has 1 aromatic heterocycles. The van der Waals surface area contributed by atoms with Gasteiger partial charge in [0, 0.05) is 11.8 Å². The average Bonchev–Trinajstić information content (AvgIpc) is 2.34. The first kappa shape index (κ1) is 13.3. The van der Waals surface area contributed by atoms with E-state index in [1.54, 1.807) is 0 Å². The van der Waals surface area contributed by atoms with Gasteiger partial charge in [0.15, 0.2) is 0 Å². The minimum absolute atomic E-state index is 0.0417. The standard InChI is InChI=1S/C13H15NO5/c1-18-12(16)8-6-9(15)14-11(7-4-3-5-7)10(8)13(17)19-2/h6-7H,3-5H2,1-2H3,(H,14,15). The summed E-state index contributed by atoms with van der Waals surface area (Å²) in [6.07, 6.45) is 2.80. The molecule has 0 aliphatic heterocycles. The summed E-state index contributed by atoms with van der Waals surface area (Å²) in [4.78, 5) is 37.9. The number of ether oxygens (including phenoxy) is 2. The fourth-order valence-electron chi connectivity index (χ4n) is 2.18. The highest BCUT2D eigenvalue weighted by Gasteiger charge is 2.30. The zero-order valence-corrected chi connectivity index (χ0v) is 10.8. The van der Waals surface area contributed by atoms with Crippen molar-refractivity contribution in [1.29, 1.82) is 0 Å². The second kappa shape index (κ2) is 5.26. The highest BCUT2D eigenvalue weighted by Crippen LogP contribution is 2.37. The van der Waals surface area contributed by atoms with E-state index in [2.05, 4.69) is 9.72 Å². The van der Waals surface area contributed by atoms with E-state index >= 15 is 0 Å². The number of rotatable bonds is 3. The first-order valence-corrected chi connectivity index (χ1v) is 6.02. The lowest BCUT2D eigenvalue weighted by molar-refractivity contribution is 0.0552. The van der Waals surface area contributed by atoms with Crippen LogP contribution in [0.25, 0.3) is 0 Å². The second-order valence-electron chi connectivity index (χ2n) is 4.45. The number of nitrogens with one attached hydrogen (secondary N) is 1. The van der Waals surface area contributed by atoms with Crippen molar-refractivity contribution in [2.75, 3.05) is 14.2 Å². The van der Waals surface area contributed by atoms with Gasteiger partial charge in [-0.15, -0.1) is 0 Å². The summed E-state index contributed by atoms with van der Waals surface area (Å²) in [5, 5.41) is 0. The van der Waals surface area contributed by atoms with Gasteiger partial charge in [-0.1, -0.05) is 6.42 Å². The van der Waals surface area contributed by atoms with E-state index < -0.39 is 17.5 Å². The SMILES string of the molecule is COC(=O)c1cc(=O)[nH]c(C2CCC2)c1C(=O)OC. The number of pyridine rings is 1. The van der Waals surface area contributed by atoms with E-state index in [-0.39, 0.29) is 17.0 Å². The predicted molar refractivity (Wildman–Crippen MR) is 66.3 cm³/mol. The highest BCUT2D eigenvalue weighted by atomic mass is 16.5. The molecular weight excluding hydrogens is 250 g/mol. The molecule has 0 aromatic carbocycles. The molecule has 0 amide bonds. The number of carbonyl (C=O) groups is 2. The maximum Gasteiger partial charge on any atom is 0.340 e. The molecule has 19 heavy (non-hydrogen) atoms. The number of aromatic amines is 1. The van der Waals surface area contributed by atoms with Crippen LogP contribution in [0.5, 0.6) is 0 Å². The molecule has 0 saturated heterocycles. The van der Waals surface area contributed by atoms with Gasteiger partial charge in [-0.2, -0.15) is 0 Å². The summed E-state index contributed by atoms with van der Waals surface area (Å²) < 4.78 is 9.32. The van der Waals surface area contributed by atoms with Gasteiger partial charge in [0.2, 0.25) is 5.56 Å². The Balaban J connectivity index is 2.64. The number of aromatic nitrogens is 1. The highest BCUT2D eigenvalue weighted by molar-refractivity contribution is 6.03. The molecule has 6 nitrogen and oxygen atoms in total. The molecule has 0 atom stereocenters. The fraction of sp³-hybridized carbons (Fsp3) is 0.462. The van der Waals surface area contributed by atoms with Gasteiger partial charge in [-0.3, -0.25) is 4.79 Å². The van der Waals surface area contributed by atoms with Gasteiger partial charge < -0.3 is 14.5 Å². The van der Waals surface area contributed by atoms with E-state index in [1.165, 1.54) is 14.2 Å². The largest absolute Gasteiger partial charge is 0.465 e. The van der Waals surface area contributed by atoms with Crippen LogP contribution in [0.3, 0.4) is 0 Å². The van der Waals surface area contributed by atoms with Crippen LogP contribution in [-0.2, 0) is 9.47 Å². The van der Waals surface area contributed by atoms with Crippen LogP contribution in [0.1, 0.15) is 51.6 Å². The first-order chi connectivity index (χ1) is 9.08. The Kier molecular flexibility index (Phi) is 3.69. The number of carbonyl (C=O) groups excluding carboxylic acids is 2. The van der Waals surface area contributed by atoms with Crippen LogP contribution in [-0.4, -0.2) is 31.1 Å². The van der Waals surface area contributed by atoms with E-state index in [0.29, 0.717) is 5.69 Å². The van der Waals surface area contributed by atoms with Gasteiger partial charge >= 0.3 is 11.9 Å². The molecule has 6 heteroatoms. The smallest absolute Gasteiger partial charge is 0.340 e. The van der Waals surface area contributed by atoms with Crippen LogP contribution in [0, 0.1) is 0 Å². The zero-order chi connectivity index (χ0) is 14.0. The molecular formula is C13H15NO5. The zero-order valence-electron chi connectivity index (χ0n) is 10.8. The molecule has 1 saturated carbocycles. The third-order valence-electron chi connectivity index (χ3n) is 3.38. The van der Waals surface area contributed by atoms with Gasteiger partial charge in [0.1, 0.15) is 0 Å². The van der Waals surface area contributed by atoms with Crippen LogP contribution < -0.4 is 5.56 Å². The Morgan fingerprint density at radius 1 is 1.21 bits per heavy atom. The molecule has 1 aliphatic carbocycles. The molecule has 1 aliphatic rings. The van der Waals surface area contributed by atoms with Crippen molar-refractivity contribution in [2.24, 2.45) is 0 Å². The number of hydrogen-bond donors (Lipinski definition) is 1. The lowest BCUT2D eigenvalue weighted by Gasteiger charge is -2.27. The van der Waals surface area contributed by atoms with Crippen molar-refractivity contribution < 1.29 is 19.1 Å². The normalized spacial score (nSPS) is 14.6. The summed E-state index contributed by atoms with van der Waals surface area (Å²) in [6.45, 7) is 0. The molecule has 1 fully saturated rings. The van der Waals surface area contributed by atoms with Crippen LogP contribution in [0.2, 0.25) is 0 Å². The lowest BCUT2D eigenvalue weighted by Crippen LogP contribution is -2.25. The number of methoxy groups -OCH3 is 2. The van der Waals surface area contributed by atoms with Crippen molar-refractivity contribution in [3.8, 4) is 0 Å². The van der Waals surface area contributed by atoms with Crippen molar-refractivity contribution >= 4 is 11.9 Å². The van der Waals surface area contributed by atoms with Gasteiger partial charge in [0.25, 0.3) is 0 Å². The Morgan fingerprint density at radius 2 is 1.84 bits per heavy atom.